The molecule has 0 radical (unpaired) electrons. The molecule has 208 valence electrons. The number of nitrogens with one attached hydrogen (secondary N) is 1. The van der Waals surface area contributed by atoms with Gasteiger partial charge < -0.3 is 15.4 Å². The van der Waals surface area contributed by atoms with Gasteiger partial charge in [0.15, 0.2) is 5.78 Å². The van der Waals surface area contributed by atoms with Crippen molar-refractivity contribution in [3.63, 3.8) is 0 Å². The molecule has 0 atom stereocenters. The number of thiazole rings is 1. The van der Waals surface area contributed by atoms with E-state index in [1.165, 1.54) is 50.0 Å². The second kappa shape index (κ2) is 11.1. The smallest absolute Gasteiger partial charge is 0.220 e. The first-order valence-corrected chi connectivity index (χ1v) is 15.2. The van der Waals surface area contributed by atoms with E-state index >= 15 is 0 Å². The molecule has 3 aromatic rings. The molecule has 2 aliphatic carbocycles. The molecule has 1 saturated carbocycles. The van der Waals surface area contributed by atoms with Crippen LogP contribution in [0.4, 0.5) is 5.95 Å². The molecule has 10 heteroatoms. The Kier molecular flexibility index (Phi) is 7.52. The molecule has 0 spiro atoms. The zero-order chi connectivity index (χ0) is 27.0. The second-order valence-electron chi connectivity index (χ2n) is 12.1. The second-order valence-corrected chi connectivity index (χ2v) is 13.1. The van der Waals surface area contributed by atoms with Gasteiger partial charge in [-0.05, 0) is 49.0 Å². The minimum absolute atomic E-state index is 0.0190. The van der Waals surface area contributed by atoms with Crippen molar-refractivity contribution in [1.29, 1.82) is 0 Å². The summed E-state index contributed by atoms with van der Waals surface area (Å²) in [6.07, 6.45) is 12.2. The number of Topliss-reactive ketones (excluding diaryl/α,β-unsaturated/α-hetero) is 1. The quantitative estimate of drug-likeness (QED) is 0.387. The minimum atomic E-state index is -0.284. The molecule has 3 N–H and O–H groups in total. The number of nitrogens with zero attached hydrogens (tertiary/aromatic N) is 5. The van der Waals surface area contributed by atoms with Crippen molar-refractivity contribution in [3.05, 3.63) is 39.1 Å². The van der Waals surface area contributed by atoms with Gasteiger partial charge in [-0.3, -0.25) is 9.89 Å². The van der Waals surface area contributed by atoms with E-state index in [0.29, 0.717) is 36.2 Å². The maximum Gasteiger partial charge on any atom is 0.220 e. The van der Waals surface area contributed by atoms with Crippen LogP contribution in [0.3, 0.4) is 0 Å². The summed E-state index contributed by atoms with van der Waals surface area (Å²) in [6.45, 7) is 8.27. The van der Waals surface area contributed by atoms with Crippen LogP contribution >= 0.6 is 11.3 Å². The zero-order valence-electron chi connectivity index (χ0n) is 23.0. The van der Waals surface area contributed by atoms with E-state index in [4.69, 9.17) is 15.5 Å². The number of likely N-dealkylation sites (tertiary alicyclic amines) is 1. The lowest BCUT2D eigenvalue weighted by atomic mass is 9.73. The Morgan fingerprint density at radius 3 is 2.74 bits per heavy atom. The standard InChI is InChI=1S/C29H39N7O2S/c1-29(2)13-19-14-31-28(30)33-25(19)27-24(29)26(34-35-27)22(37)12-23-32-20(17-39-23)16-38-21-8-10-36(11-9-21)15-18-6-4-3-5-7-18/h14,17-18,21H,3-13,15-16H2,1-2H3,(H,34,35)(H2,30,31,33). The first-order valence-electron chi connectivity index (χ1n) is 14.4. The fourth-order valence-electron chi connectivity index (χ4n) is 6.61. The van der Waals surface area contributed by atoms with Gasteiger partial charge in [0.2, 0.25) is 5.95 Å². The van der Waals surface area contributed by atoms with Crippen LogP contribution in [-0.2, 0) is 29.6 Å². The number of anilines is 1. The highest BCUT2D eigenvalue weighted by Crippen LogP contribution is 2.43. The van der Waals surface area contributed by atoms with Crippen LogP contribution in [0.15, 0.2) is 11.6 Å². The summed E-state index contributed by atoms with van der Waals surface area (Å²) in [6, 6.07) is 0. The summed E-state index contributed by atoms with van der Waals surface area (Å²) in [7, 11) is 0. The highest BCUT2D eigenvalue weighted by Gasteiger charge is 2.38. The van der Waals surface area contributed by atoms with Crippen LogP contribution in [-0.4, -0.2) is 61.6 Å². The number of ether oxygens (including phenoxy) is 1. The monoisotopic (exact) mass is 549 g/mol. The Morgan fingerprint density at radius 1 is 1.15 bits per heavy atom. The molecule has 0 bridgehead atoms. The van der Waals surface area contributed by atoms with Gasteiger partial charge in [0, 0.05) is 36.8 Å². The van der Waals surface area contributed by atoms with Gasteiger partial charge in [-0.15, -0.1) is 11.3 Å². The van der Waals surface area contributed by atoms with Gasteiger partial charge >= 0.3 is 0 Å². The third kappa shape index (κ3) is 5.78. The van der Waals surface area contributed by atoms with Crippen molar-refractivity contribution in [2.45, 2.75) is 89.8 Å². The number of hydrogen-bond donors (Lipinski definition) is 2. The third-order valence-corrected chi connectivity index (χ3v) is 9.51. The molecule has 0 unspecified atom stereocenters. The number of ketones is 1. The van der Waals surface area contributed by atoms with E-state index < -0.39 is 0 Å². The molecule has 39 heavy (non-hydrogen) atoms. The summed E-state index contributed by atoms with van der Waals surface area (Å²) < 4.78 is 6.24. The molecule has 6 rings (SSSR count). The van der Waals surface area contributed by atoms with Crippen LogP contribution in [0.25, 0.3) is 11.4 Å². The SMILES string of the molecule is CC1(C)Cc2cnc(N)nc2-c2n[nH]c(C(=O)Cc3nc(COC4CCN(CC5CCCCC5)CC4)cs3)c21. The number of aromatic nitrogens is 5. The molecule has 3 aromatic heterocycles. The summed E-state index contributed by atoms with van der Waals surface area (Å²) in [5, 5.41) is 10.3. The van der Waals surface area contributed by atoms with Crippen molar-refractivity contribution in [1.82, 2.24) is 30.0 Å². The largest absolute Gasteiger partial charge is 0.372 e. The molecule has 0 amide bonds. The average molecular weight is 550 g/mol. The molecular weight excluding hydrogens is 510 g/mol. The lowest BCUT2D eigenvalue weighted by Crippen LogP contribution is -2.40. The van der Waals surface area contributed by atoms with Crippen molar-refractivity contribution in [2.24, 2.45) is 5.92 Å². The predicted octanol–water partition coefficient (Wildman–Crippen LogP) is 4.73. The van der Waals surface area contributed by atoms with Gasteiger partial charge in [-0.2, -0.15) is 5.10 Å². The Hall–Kier alpha value is -2.69. The Balaban J connectivity index is 1.04. The van der Waals surface area contributed by atoms with Crippen LogP contribution < -0.4 is 5.73 Å². The number of carbonyl (C=O) groups is 1. The van der Waals surface area contributed by atoms with Gasteiger partial charge in [-0.1, -0.05) is 33.1 Å². The third-order valence-electron chi connectivity index (χ3n) is 8.62. The Labute approximate surface area is 234 Å². The number of piperidine rings is 1. The summed E-state index contributed by atoms with van der Waals surface area (Å²) >= 11 is 1.52. The molecule has 9 nitrogen and oxygen atoms in total. The fourth-order valence-corrected chi connectivity index (χ4v) is 7.39. The summed E-state index contributed by atoms with van der Waals surface area (Å²) in [4.78, 5) is 29.3. The lowest BCUT2D eigenvalue weighted by molar-refractivity contribution is -0.00709. The van der Waals surface area contributed by atoms with E-state index in [1.54, 1.807) is 6.20 Å². The number of nitrogen functional groups attached to an aromatic ring is 1. The van der Waals surface area contributed by atoms with Gasteiger partial charge in [-0.25, -0.2) is 15.0 Å². The van der Waals surface area contributed by atoms with Crippen LogP contribution in [0.1, 0.15) is 91.1 Å². The lowest BCUT2D eigenvalue weighted by Gasteiger charge is -2.35. The molecule has 0 aromatic carbocycles. The molecule has 3 aliphatic rings. The molecular formula is C29H39N7O2S. The fraction of sp³-hybridized carbons (Fsp3) is 0.621. The van der Waals surface area contributed by atoms with Crippen molar-refractivity contribution in [2.75, 3.05) is 25.4 Å². The van der Waals surface area contributed by atoms with Crippen LogP contribution in [0.5, 0.6) is 0 Å². The highest BCUT2D eigenvalue weighted by molar-refractivity contribution is 7.09. The maximum atomic E-state index is 13.4. The van der Waals surface area contributed by atoms with Crippen LogP contribution in [0.2, 0.25) is 0 Å². The topological polar surface area (TPSA) is 123 Å². The number of rotatable bonds is 8. The van der Waals surface area contributed by atoms with E-state index in [2.05, 4.69) is 38.9 Å². The Bertz CT molecular complexity index is 1320. The van der Waals surface area contributed by atoms with Gasteiger partial charge in [0.25, 0.3) is 0 Å². The Morgan fingerprint density at radius 2 is 1.95 bits per heavy atom. The van der Waals surface area contributed by atoms with E-state index in [1.807, 2.05) is 5.38 Å². The van der Waals surface area contributed by atoms with E-state index in [9.17, 15) is 4.79 Å². The average Bonchev–Trinajstić information content (AvgIpc) is 3.58. The van der Waals surface area contributed by atoms with E-state index in [-0.39, 0.29) is 23.6 Å². The number of nitrogens with two attached hydrogens (primary N) is 1. The summed E-state index contributed by atoms with van der Waals surface area (Å²) in [5.74, 6) is 1.08. The minimum Gasteiger partial charge on any atom is -0.372 e. The van der Waals surface area contributed by atoms with Crippen molar-refractivity contribution < 1.29 is 9.53 Å². The predicted molar refractivity (Wildman–Crippen MR) is 152 cm³/mol. The van der Waals surface area contributed by atoms with E-state index in [0.717, 1.165) is 53.7 Å². The van der Waals surface area contributed by atoms with Crippen molar-refractivity contribution in [3.8, 4) is 11.4 Å². The normalized spacial score (nSPS) is 20.1. The van der Waals surface area contributed by atoms with Gasteiger partial charge in [0.05, 0.1) is 30.5 Å². The molecule has 1 aliphatic heterocycles. The van der Waals surface area contributed by atoms with Crippen LogP contribution in [0, 0.1) is 5.92 Å². The number of hydrogen-bond acceptors (Lipinski definition) is 9. The number of fused-ring (bicyclic) bond motifs is 3. The first-order chi connectivity index (χ1) is 18.9. The molecule has 2 fully saturated rings. The maximum absolute atomic E-state index is 13.4. The first kappa shape index (κ1) is 26.5. The zero-order valence-corrected chi connectivity index (χ0v) is 23.9. The number of carbonyl (C=O) groups excluding carboxylic acids is 1. The number of aromatic amines is 1. The summed E-state index contributed by atoms with van der Waals surface area (Å²) in [5.41, 5.74) is 10.3. The number of H-pyrrole nitrogens is 1. The molecule has 1 saturated heterocycles. The highest BCUT2D eigenvalue weighted by atomic mass is 32.1. The van der Waals surface area contributed by atoms with Crippen molar-refractivity contribution >= 4 is 23.1 Å². The van der Waals surface area contributed by atoms with Gasteiger partial charge in [0.1, 0.15) is 16.4 Å². The molecule has 4 heterocycles.